The van der Waals surface area contributed by atoms with E-state index < -0.39 is 24.5 Å². The lowest BCUT2D eigenvalue weighted by Gasteiger charge is -2.16. The van der Waals surface area contributed by atoms with E-state index in [0.717, 1.165) is 19.4 Å². The van der Waals surface area contributed by atoms with Crippen LogP contribution in [0.15, 0.2) is 24.3 Å². The molecule has 1 aliphatic rings. The lowest BCUT2D eigenvalue weighted by molar-refractivity contribution is -0.135. The van der Waals surface area contributed by atoms with Crippen molar-refractivity contribution in [3.8, 4) is 0 Å². The summed E-state index contributed by atoms with van der Waals surface area (Å²) in [5.74, 6) is -1.90. The number of benzene rings is 1. The van der Waals surface area contributed by atoms with Crippen molar-refractivity contribution in [3.05, 3.63) is 29.8 Å². The van der Waals surface area contributed by atoms with Crippen LogP contribution in [0.25, 0.3) is 0 Å². The highest BCUT2D eigenvalue weighted by atomic mass is 16.5. The molecule has 2 unspecified atom stereocenters. The fraction of sp³-hybridized carbons (Fsp3) is 0.471. The number of aliphatic carboxylic acids is 1. The smallest absolute Gasteiger partial charge is 0.322 e. The van der Waals surface area contributed by atoms with E-state index in [9.17, 15) is 14.4 Å². The van der Waals surface area contributed by atoms with Gasteiger partial charge in [0.15, 0.2) is 0 Å². The summed E-state index contributed by atoms with van der Waals surface area (Å²) >= 11 is 0. The van der Waals surface area contributed by atoms with E-state index in [4.69, 9.17) is 14.6 Å². The van der Waals surface area contributed by atoms with E-state index in [1.165, 1.54) is 12.1 Å². The monoisotopic (exact) mass is 350 g/mol. The molecule has 0 radical (unpaired) electrons. The zero-order valence-electron chi connectivity index (χ0n) is 14.0. The third kappa shape index (κ3) is 6.17. The maximum atomic E-state index is 12.1. The van der Waals surface area contributed by atoms with Crippen molar-refractivity contribution < 1.29 is 29.0 Å². The molecule has 0 saturated carbocycles. The summed E-state index contributed by atoms with van der Waals surface area (Å²) in [5, 5.41) is 13.5. The molecule has 8 heteroatoms. The highest BCUT2D eigenvalue weighted by Crippen LogP contribution is 2.14. The molecular weight excluding hydrogens is 328 g/mol. The van der Waals surface area contributed by atoms with Crippen molar-refractivity contribution in [2.75, 3.05) is 25.1 Å². The van der Waals surface area contributed by atoms with Crippen molar-refractivity contribution in [3.63, 3.8) is 0 Å². The topological polar surface area (TPSA) is 114 Å². The maximum absolute atomic E-state index is 12.1. The maximum Gasteiger partial charge on any atom is 0.322 e. The summed E-state index contributed by atoms with van der Waals surface area (Å²) in [5.41, 5.74) is 0.828. The molecule has 1 saturated heterocycles. The molecule has 1 heterocycles. The Morgan fingerprint density at radius 2 is 2.04 bits per heavy atom. The van der Waals surface area contributed by atoms with Gasteiger partial charge in [-0.15, -0.1) is 0 Å². The summed E-state index contributed by atoms with van der Waals surface area (Å²) in [7, 11) is 0. The summed E-state index contributed by atoms with van der Waals surface area (Å²) in [6.07, 6.45) is 1.39. The molecule has 0 aromatic heterocycles. The second-order valence-corrected chi connectivity index (χ2v) is 5.75. The second-order valence-electron chi connectivity index (χ2n) is 5.75. The highest BCUT2D eigenvalue weighted by molar-refractivity contribution is 5.97. The van der Waals surface area contributed by atoms with Gasteiger partial charge in [0.1, 0.15) is 12.6 Å². The Morgan fingerprint density at radius 3 is 2.64 bits per heavy atom. The number of carboxylic acids is 1. The quantitative estimate of drug-likeness (QED) is 0.645. The Morgan fingerprint density at radius 1 is 1.32 bits per heavy atom. The van der Waals surface area contributed by atoms with Gasteiger partial charge in [0.05, 0.1) is 12.7 Å². The molecule has 1 aromatic carbocycles. The number of amides is 2. The first kappa shape index (κ1) is 18.9. The number of carbonyl (C=O) groups excluding carboxylic acids is 2. The van der Waals surface area contributed by atoms with Crippen molar-refractivity contribution in [2.45, 2.75) is 32.0 Å². The Kier molecular flexibility index (Phi) is 6.91. The second kappa shape index (κ2) is 9.14. The van der Waals surface area contributed by atoms with Gasteiger partial charge in [-0.3, -0.25) is 14.4 Å². The average molecular weight is 350 g/mol. The van der Waals surface area contributed by atoms with Crippen LogP contribution in [0.1, 0.15) is 30.1 Å². The minimum Gasteiger partial charge on any atom is -0.480 e. The molecule has 25 heavy (non-hydrogen) atoms. The Bertz CT molecular complexity index is 610. The van der Waals surface area contributed by atoms with Crippen molar-refractivity contribution in [2.24, 2.45) is 0 Å². The zero-order valence-corrected chi connectivity index (χ0v) is 14.0. The Balaban J connectivity index is 1.79. The standard InChI is InChI=1S/C17H22N2O6/c1-11(25-10-14-3-2-8-24-14)16(22)19-13-6-4-12(5-7-13)17(23)18-9-15(20)21/h4-7,11,14H,2-3,8-10H2,1H3,(H,18,23)(H,19,22)(H,20,21). The molecule has 8 nitrogen and oxygen atoms in total. The van der Waals surface area contributed by atoms with Gasteiger partial charge in [0.25, 0.3) is 11.8 Å². The molecule has 0 aliphatic carbocycles. The van der Waals surface area contributed by atoms with Gasteiger partial charge in [0.2, 0.25) is 0 Å². The van der Waals surface area contributed by atoms with Crippen LogP contribution in [0.2, 0.25) is 0 Å². The van der Waals surface area contributed by atoms with Crippen molar-refractivity contribution in [1.82, 2.24) is 5.32 Å². The van der Waals surface area contributed by atoms with Crippen LogP contribution in [-0.4, -0.2) is 54.9 Å². The molecule has 1 fully saturated rings. The van der Waals surface area contributed by atoms with E-state index in [1.807, 2.05) is 0 Å². The number of ether oxygens (including phenoxy) is 2. The largest absolute Gasteiger partial charge is 0.480 e. The van der Waals surface area contributed by atoms with Crippen LogP contribution in [0, 0.1) is 0 Å². The number of anilines is 1. The minimum absolute atomic E-state index is 0.0545. The zero-order chi connectivity index (χ0) is 18.2. The van der Waals surface area contributed by atoms with Gasteiger partial charge < -0.3 is 25.2 Å². The molecule has 136 valence electrons. The Labute approximate surface area is 145 Å². The molecule has 2 atom stereocenters. The molecular formula is C17H22N2O6. The van der Waals surface area contributed by atoms with Gasteiger partial charge in [-0.1, -0.05) is 0 Å². The van der Waals surface area contributed by atoms with Gasteiger partial charge in [-0.25, -0.2) is 0 Å². The van der Waals surface area contributed by atoms with Crippen LogP contribution in [0.5, 0.6) is 0 Å². The summed E-state index contributed by atoms with van der Waals surface area (Å²) in [4.78, 5) is 34.2. The van der Waals surface area contributed by atoms with Crippen molar-refractivity contribution >= 4 is 23.5 Å². The van der Waals surface area contributed by atoms with Gasteiger partial charge in [-0.05, 0) is 44.0 Å². The number of rotatable bonds is 8. The first-order chi connectivity index (χ1) is 12.0. The SMILES string of the molecule is CC(OCC1CCCO1)C(=O)Nc1ccc(C(=O)NCC(=O)O)cc1. The Hall–Kier alpha value is -2.45. The first-order valence-electron chi connectivity index (χ1n) is 8.10. The molecule has 3 N–H and O–H groups in total. The number of hydrogen-bond acceptors (Lipinski definition) is 5. The van der Waals surface area contributed by atoms with E-state index in [0.29, 0.717) is 17.9 Å². The fourth-order valence-corrected chi connectivity index (χ4v) is 2.31. The van der Waals surface area contributed by atoms with Gasteiger partial charge in [-0.2, -0.15) is 0 Å². The van der Waals surface area contributed by atoms with Gasteiger partial charge >= 0.3 is 5.97 Å². The predicted molar refractivity (Wildman–Crippen MR) is 89.4 cm³/mol. The van der Waals surface area contributed by atoms with Crippen LogP contribution in [0.3, 0.4) is 0 Å². The molecule has 2 rings (SSSR count). The summed E-state index contributed by atoms with van der Waals surface area (Å²) < 4.78 is 11.0. The van der Waals surface area contributed by atoms with Crippen LogP contribution >= 0.6 is 0 Å². The molecule has 0 spiro atoms. The fourth-order valence-electron chi connectivity index (χ4n) is 2.31. The predicted octanol–water partition coefficient (Wildman–Crippen LogP) is 1.02. The van der Waals surface area contributed by atoms with E-state index in [1.54, 1.807) is 19.1 Å². The van der Waals surface area contributed by atoms with Crippen LogP contribution in [0.4, 0.5) is 5.69 Å². The third-order valence-corrected chi connectivity index (χ3v) is 3.74. The van der Waals surface area contributed by atoms with Crippen LogP contribution in [-0.2, 0) is 19.1 Å². The average Bonchev–Trinajstić information content (AvgIpc) is 3.11. The highest BCUT2D eigenvalue weighted by Gasteiger charge is 2.20. The van der Waals surface area contributed by atoms with Crippen LogP contribution < -0.4 is 10.6 Å². The number of carbonyl (C=O) groups is 3. The molecule has 0 bridgehead atoms. The van der Waals surface area contributed by atoms with Crippen molar-refractivity contribution in [1.29, 1.82) is 0 Å². The van der Waals surface area contributed by atoms with E-state index in [2.05, 4.69) is 10.6 Å². The number of hydrogen-bond donors (Lipinski definition) is 3. The lowest BCUT2D eigenvalue weighted by atomic mass is 10.2. The van der Waals surface area contributed by atoms with E-state index in [-0.39, 0.29) is 12.0 Å². The summed E-state index contributed by atoms with van der Waals surface area (Å²) in [6, 6.07) is 6.15. The summed E-state index contributed by atoms with van der Waals surface area (Å²) in [6.45, 7) is 2.34. The third-order valence-electron chi connectivity index (χ3n) is 3.74. The lowest BCUT2D eigenvalue weighted by Crippen LogP contribution is -2.30. The minimum atomic E-state index is -1.12. The first-order valence-corrected chi connectivity index (χ1v) is 8.10. The van der Waals surface area contributed by atoms with E-state index >= 15 is 0 Å². The molecule has 2 amide bonds. The van der Waals surface area contributed by atoms with Gasteiger partial charge in [0, 0.05) is 17.9 Å². The number of carboxylic acid groups (broad SMARTS) is 1. The normalized spacial score (nSPS) is 17.7. The molecule has 1 aromatic rings. The molecule has 1 aliphatic heterocycles. The number of nitrogens with one attached hydrogen (secondary N) is 2.